The van der Waals surface area contributed by atoms with Crippen LogP contribution in [0.25, 0.3) is 58.8 Å². The summed E-state index contributed by atoms with van der Waals surface area (Å²) < 4.78 is 5.06. The molecule has 0 bridgehead atoms. The second-order valence-corrected chi connectivity index (χ2v) is 14.9. The van der Waals surface area contributed by atoms with E-state index in [0.717, 1.165) is 34.9 Å². The van der Waals surface area contributed by atoms with Gasteiger partial charge in [-0.1, -0.05) is 103 Å². The fraction of sp³-hybridized carbons (Fsp3) is 0.0870. The quantitative estimate of drug-likeness (QED) is 0.187. The molecule has 0 saturated heterocycles. The van der Waals surface area contributed by atoms with Crippen molar-refractivity contribution in [2.24, 2.45) is 10.4 Å². The first-order chi connectivity index (χ1) is 25.1. The van der Waals surface area contributed by atoms with Gasteiger partial charge in [0.05, 0.1) is 22.0 Å². The fourth-order valence-electron chi connectivity index (χ4n) is 7.77. The lowest BCUT2D eigenvalue weighted by Gasteiger charge is -2.29. The highest BCUT2D eigenvalue weighted by atomic mass is 32.1. The van der Waals surface area contributed by atoms with E-state index < -0.39 is 0 Å². The molecule has 5 heteroatoms. The van der Waals surface area contributed by atoms with Gasteiger partial charge in [0.15, 0.2) is 0 Å². The maximum Gasteiger partial charge on any atom is 0.283 e. The Balaban J connectivity index is 1.09. The smallest absolute Gasteiger partial charge is 0.283 e. The lowest BCUT2D eigenvalue weighted by Crippen LogP contribution is -2.80. The van der Waals surface area contributed by atoms with Crippen molar-refractivity contribution >= 4 is 65.0 Å². The highest BCUT2D eigenvalue weighted by molar-refractivity contribution is 7.25. The summed E-state index contributed by atoms with van der Waals surface area (Å²) in [5.74, 6) is 1.94. The number of nitrogens with zero attached hydrogens (tertiary/aromatic N) is 2. The van der Waals surface area contributed by atoms with Crippen molar-refractivity contribution in [2.75, 3.05) is 0 Å². The summed E-state index contributed by atoms with van der Waals surface area (Å²) >= 11 is 1.86. The number of rotatable bonds is 5. The molecule has 0 radical (unpaired) electrons. The van der Waals surface area contributed by atoms with Crippen molar-refractivity contribution in [3.8, 4) is 16.8 Å². The molecule has 0 amide bonds. The van der Waals surface area contributed by atoms with Crippen LogP contribution >= 0.6 is 11.3 Å². The van der Waals surface area contributed by atoms with Gasteiger partial charge in [-0.15, -0.1) is 11.3 Å². The zero-order chi connectivity index (χ0) is 33.9. The molecule has 8 aromatic rings. The van der Waals surface area contributed by atoms with Gasteiger partial charge < -0.3 is 4.57 Å². The van der Waals surface area contributed by atoms with Crippen LogP contribution in [-0.2, 0) is 0 Å². The van der Waals surface area contributed by atoms with Gasteiger partial charge in [0.1, 0.15) is 0 Å². The monoisotopic (exact) mass is 675 g/mol. The molecule has 1 aliphatic carbocycles. The number of benzene rings is 6. The summed E-state index contributed by atoms with van der Waals surface area (Å²) in [7, 11) is 0. The van der Waals surface area contributed by atoms with Gasteiger partial charge in [-0.3, -0.25) is 0 Å². The normalized spacial score (nSPS) is 18.7. The first kappa shape index (κ1) is 29.8. The standard InChI is InChI=1S/C46H34N4S/c1-46(25-10-3-11-26-46)45-48-43(30-13-4-2-5-14-30)47-44(49-45)33-15-12-16-34(27-33)50-39-19-8-6-17-35(39)37-28-31(21-23-40(37)50)32-22-24-42-38(29-32)36-18-7-9-20-41(36)51-42/h2-25,27-29,44H,26H2,1H3,(H,47,48,49)/p+1. The Kier molecular flexibility index (Phi) is 6.90. The number of hydrogen-bond donors (Lipinski definition) is 2. The Morgan fingerprint density at radius 1 is 0.667 bits per heavy atom. The molecule has 0 saturated carbocycles. The van der Waals surface area contributed by atoms with Crippen LogP contribution in [0, 0.1) is 5.41 Å². The summed E-state index contributed by atoms with van der Waals surface area (Å²) in [5.41, 5.74) is 7.94. The van der Waals surface area contributed by atoms with E-state index in [1.807, 2.05) is 11.3 Å². The Hall–Kier alpha value is -6.04. The minimum atomic E-state index is -0.254. The van der Waals surface area contributed by atoms with Crippen molar-refractivity contribution in [2.45, 2.75) is 19.5 Å². The van der Waals surface area contributed by atoms with E-state index in [4.69, 9.17) is 4.99 Å². The minimum absolute atomic E-state index is 0.224. The molecule has 2 aromatic heterocycles. The maximum absolute atomic E-state index is 5.33. The fourth-order valence-corrected chi connectivity index (χ4v) is 8.85. The molecule has 10 rings (SSSR count). The summed E-state index contributed by atoms with van der Waals surface area (Å²) in [6.07, 6.45) is 9.36. The molecule has 3 heterocycles. The number of para-hydroxylation sites is 1. The molecule has 6 aromatic carbocycles. The van der Waals surface area contributed by atoms with Crippen molar-refractivity contribution in [3.05, 3.63) is 175 Å². The number of hydrogen-bond acceptors (Lipinski definition) is 3. The molecule has 51 heavy (non-hydrogen) atoms. The average Bonchev–Trinajstić information content (AvgIpc) is 3.73. The van der Waals surface area contributed by atoms with Crippen LogP contribution in [0.5, 0.6) is 0 Å². The first-order valence-electron chi connectivity index (χ1n) is 17.6. The number of allylic oxidation sites excluding steroid dienone is 3. The molecule has 1 aliphatic heterocycles. The van der Waals surface area contributed by atoms with Gasteiger partial charge in [0.25, 0.3) is 5.84 Å². The average molecular weight is 676 g/mol. The number of fused-ring (bicyclic) bond motifs is 6. The van der Waals surface area contributed by atoms with Crippen LogP contribution < -0.4 is 10.3 Å². The number of amidine groups is 2. The molecule has 0 fully saturated rings. The molecule has 4 nitrogen and oxygen atoms in total. The van der Waals surface area contributed by atoms with Crippen molar-refractivity contribution in [3.63, 3.8) is 0 Å². The zero-order valence-electron chi connectivity index (χ0n) is 28.2. The van der Waals surface area contributed by atoms with Gasteiger partial charge in [-0.2, -0.15) is 4.99 Å². The van der Waals surface area contributed by atoms with E-state index >= 15 is 0 Å². The third-order valence-corrected chi connectivity index (χ3v) is 11.6. The Morgan fingerprint density at radius 2 is 1.41 bits per heavy atom. The third-order valence-electron chi connectivity index (χ3n) is 10.5. The van der Waals surface area contributed by atoms with Crippen LogP contribution in [0.1, 0.15) is 30.6 Å². The van der Waals surface area contributed by atoms with E-state index in [9.17, 15) is 0 Å². The lowest BCUT2D eigenvalue weighted by atomic mass is 9.82. The summed E-state index contributed by atoms with van der Waals surface area (Å²) in [4.78, 5) is 9.07. The number of aliphatic imine (C=N–C) groups is 1. The van der Waals surface area contributed by atoms with Gasteiger partial charge in [-0.25, -0.2) is 10.3 Å². The first-order valence-corrected chi connectivity index (χ1v) is 18.4. The van der Waals surface area contributed by atoms with Gasteiger partial charge >= 0.3 is 0 Å². The third kappa shape index (κ3) is 5.04. The molecular formula is C46H35N4S+. The molecule has 2 atom stereocenters. The van der Waals surface area contributed by atoms with Crippen LogP contribution in [0.2, 0.25) is 0 Å². The van der Waals surface area contributed by atoms with E-state index in [-0.39, 0.29) is 11.6 Å². The van der Waals surface area contributed by atoms with Crippen LogP contribution in [0.15, 0.2) is 169 Å². The summed E-state index contributed by atoms with van der Waals surface area (Å²) in [6.45, 7) is 2.26. The molecule has 2 aliphatic rings. The summed E-state index contributed by atoms with van der Waals surface area (Å²) in [5, 5.41) is 8.81. The van der Waals surface area contributed by atoms with E-state index in [1.165, 1.54) is 53.1 Å². The Morgan fingerprint density at radius 3 is 2.27 bits per heavy atom. The second kappa shape index (κ2) is 11.8. The minimum Gasteiger partial charge on any atom is -0.309 e. The van der Waals surface area contributed by atoms with Crippen molar-refractivity contribution in [1.29, 1.82) is 0 Å². The van der Waals surface area contributed by atoms with E-state index in [1.54, 1.807) is 0 Å². The van der Waals surface area contributed by atoms with Crippen molar-refractivity contribution < 1.29 is 4.99 Å². The van der Waals surface area contributed by atoms with Gasteiger partial charge in [0.2, 0.25) is 12.0 Å². The largest absolute Gasteiger partial charge is 0.309 e. The Labute approximate surface area is 300 Å². The zero-order valence-corrected chi connectivity index (χ0v) is 29.0. The van der Waals surface area contributed by atoms with E-state index in [0.29, 0.717) is 0 Å². The highest BCUT2D eigenvalue weighted by Gasteiger charge is 2.37. The molecular weight excluding hydrogens is 641 g/mol. The molecule has 2 unspecified atom stereocenters. The maximum atomic E-state index is 5.33. The highest BCUT2D eigenvalue weighted by Crippen LogP contribution is 2.39. The lowest BCUT2D eigenvalue weighted by molar-refractivity contribution is -0.511. The van der Waals surface area contributed by atoms with Crippen LogP contribution in [-0.4, -0.2) is 16.2 Å². The number of aromatic nitrogens is 1. The van der Waals surface area contributed by atoms with Gasteiger partial charge in [0, 0.05) is 42.2 Å². The van der Waals surface area contributed by atoms with Crippen molar-refractivity contribution in [1.82, 2.24) is 9.88 Å². The molecule has 244 valence electrons. The Bertz CT molecular complexity index is 2780. The predicted octanol–water partition coefficient (Wildman–Crippen LogP) is 9.87. The topological polar surface area (TPSA) is 43.3 Å². The second-order valence-electron chi connectivity index (χ2n) is 13.8. The number of thiophene rings is 1. The molecule has 0 spiro atoms. The molecule has 2 N–H and O–H groups in total. The van der Waals surface area contributed by atoms with Crippen LogP contribution in [0.3, 0.4) is 0 Å². The van der Waals surface area contributed by atoms with Crippen LogP contribution in [0.4, 0.5) is 0 Å². The summed E-state index contributed by atoms with van der Waals surface area (Å²) in [6, 6.07) is 50.6. The SMILES string of the molecule is CC1(C2=NC(c3cccc(-n4c5ccccc5c5cc(-c6ccc7sc8ccccc8c7c6)ccc54)c3)[NH+]=C(c3ccccc3)N2)C=CC=CC1. The van der Waals surface area contributed by atoms with E-state index in [2.05, 4.69) is 186 Å². The number of nitrogens with one attached hydrogen (secondary N) is 2. The predicted molar refractivity (Wildman–Crippen MR) is 215 cm³/mol. The van der Waals surface area contributed by atoms with Gasteiger partial charge in [-0.05, 0) is 85.1 Å².